The number of ether oxygens (including phenoxy) is 1. The number of carbonyl (C=O) groups excluding carboxylic acids is 1. The molecule has 154 valence electrons. The van der Waals surface area contributed by atoms with Crippen LogP contribution in [0, 0.1) is 19.8 Å². The second-order valence-electron chi connectivity index (χ2n) is 7.23. The van der Waals surface area contributed by atoms with E-state index in [-0.39, 0.29) is 30.0 Å². The van der Waals surface area contributed by atoms with Gasteiger partial charge in [-0.3, -0.25) is 4.79 Å². The van der Waals surface area contributed by atoms with Gasteiger partial charge in [0.15, 0.2) is 6.61 Å². The van der Waals surface area contributed by atoms with Gasteiger partial charge in [-0.15, -0.1) is 12.4 Å². The van der Waals surface area contributed by atoms with Gasteiger partial charge in [0.2, 0.25) is 5.91 Å². The fourth-order valence-corrected chi connectivity index (χ4v) is 3.53. The monoisotopic (exact) mass is 408 g/mol. The first-order valence-electron chi connectivity index (χ1n) is 8.85. The predicted molar refractivity (Wildman–Crippen MR) is 101 cm³/mol. The van der Waals surface area contributed by atoms with Gasteiger partial charge >= 0.3 is 6.18 Å². The number of nitrogens with one attached hydrogen (secondary N) is 1. The summed E-state index contributed by atoms with van der Waals surface area (Å²) >= 11 is 0. The smallest absolute Gasteiger partial charge is 0.422 e. The van der Waals surface area contributed by atoms with E-state index in [1.54, 1.807) is 37.9 Å². The molecule has 0 aliphatic carbocycles. The van der Waals surface area contributed by atoms with E-state index in [0.29, 0.717) is 23.7 Å². The van der Waals surface area contributed by atoms with Crippen molar-refractivity contribution in [2.24, 2.45) is 5.92 Å². The second kappa shape index (κ2) is 9.64. The number of nitrogens with zero attached hydrogens (tertiary/aromatic N) is 1. The molecule has 1 aliphatic heterocycles. The summed E-state index contributed by atoms with van der Waals surface area (Å²) in [5, 5.41) is 3.33. The van der Waals surface area contributed by atoms with E-state index in [0.717, 1.165) is 24.9 Å². The SMILES string of the molecule is Cc1cc(CN(C)C(=O)[C@H]2CCN[C@@H](C)C2)cc(C)c1OCC(F)(F)F.Cl. The maximum Gasteiger partial charge on any atom is 0.422 e. The van der Waals surface area contributed by atoms with Crippen molar-refractivity contribution in [3.8, 4) is 5.75 Å². The molecule has 1 saturated heterocycles. The van der Waals surface area contributed by atoms with Crippen LogP contribution in [0.2, 0.25) is 0 Å². The summed E-state index contributed by atoms with van der Waals surface area (Å²) in [6, 6.07) is 3.90. The molecule has 8 heteroatoms. The summed E-state index contributed by atoms with van der Waals surface area (Å²) in [7, 11) is 1.77. The first-order chi connectivity index (χ1) is 12.1. The molecule has 1 N–H and O–H groups in total. The Morgan fingerprint density at radius 2 is 1.89 bits per heavy atom. The lowest BCUT2D eigenvalue weighted by atomic mass is 9.92. The van der Waals surface area contributed by atoms with Gasteiger partial charge < -0.3 is 15.0 Å². The maximum absolute atomic E-state index is 12.6. The number of aryl methyl sites for hydroxylation is 2. The molecule has 27 heavy (non-hydrogen) atoms. The minimum absolute atomic E-state index is 0. The summed E-state index contributed by atoms with van der Waals surface area (Å²) in [6.07, 6.45) is -2.71. The molecule has 2 rings (SSSR count). The lowest BCUT2D eigenvalue weighted by molar-refractivity contribution is -0.153. The Bertz CT molecular complexity index is 629. The first-order valence-corrected chi connectivity index (χ1v) is 8.85. The Hall–Kier alpha value is -1.47. The van der Waals surface area contributed by atoms with Gasteiger partial charge in [-0.05, 0) is 56.8 Å². The van der Waals surface area contributed by atoms with Gasteiger partial charge in [-0.2, -0.15) is 13.2 Å². The van der Waals surface area contributed by atoms with Crippen LogP contribution in [-0.2, 0) is 11.3 Å². The minimum atomic E-state index is -4.36. The molecule has 1 heterocycles. The third-order valence-electron chi connectivity index (χ3n) is 4.67. The van der Waals surface area contributed by atoms with Crippen molar-refractivity contribution >= 4 is 18.3 Å². The number of hydrogen-bond acceptors (Lipinski definition) is 3. The summed E-state index contributed by atoms with van der Waals surface area (Å²) in [4.78, 5) is 14.3. The van der Waals surface area contributed by atoms with Crippen LogP contribution in [0.4, 0.5) is 13.2 Å². The fraction of sp³-hybridized carbons (Fsp3) is 0.632. The molecular weight excluding hydrogens is 381 g/mol. The van der Waals surface area contributed by atoms with E-state index in [1.165, 1.54) is 0 Å². The fourth-order valence-electron chi connectivity index (χ4n) is 3.53. The van der Waals surface area contributed by atoms with Crippen molar-refractivity contribution in [3.63, 3.8) is 0 Å². The van der Waals surface area contributed by atoms with E-state index in [1.807, 2.05) is 0 Å². The number of benzene rings is 1. The average molecular weight is 409 g/mol. The van der Waals surface area contributed by atoms with E-state index in [2.05, 4.69) is 12.2 Å². The molecular formula is C19H28ClF3N2O2. The summed E-state index contributed by atoms with van der Waals surface area (Å²) in [6.45, 7) is 5.48. The van der Waals surface area contributed by atoms with Crippen LogP contribution in [0.25, 0.3) is 0 Å². The molecule has 0 spiro atoms. The molecule has 1 aliphatic rings. The molecule has 1 aromatic rings. The van der Waals surface area contributed by atoms with E-state index < -0.39 is 12.8 Å². The topological polar surface area (TPSA) is 41.6 Å². The number of rotatable bonds is 5. The zero-order valence-electron chi connectivity index (χ0n) is 16.2. The zero-order chi connectivity index (χ0) is 19.5. The van der Waals surface area contributed by atoms with Crippen molar-refractivity contribution in [1.82, 2.24) is 10.2 Å². The number of amides is 1. The highest BCUT2D eigenvalue weighted by Crippen LogP contribution is 2.28. The van der Waals surface area contributed by atoms with Crippen molar-refractivity contribution < 1.29 is 22.7 Å². The van der Waals surface area contributed by atoms with Crippen LogP contribution in [0.15, 0.2) is 12.1 Å². The standard InChI is InChI=1S/C19H27F3N2O2.ClH/c1-12-7-15(8-13(2)17(12)26-11-19(20,21)22)10-24(4)18(25)16-5-6-23-14(3)9-16;/h7-8,14,16,23H,5-6,9-11H2,1-4H3;1H/t14-,16-;/m0./s1. The van der Waals surface area contributed by atoms with Gasteiger partial charge in [0.1, 0.15) is 5.75 Å². The largest absolute Gasteiger partial charge is 0.484 e. The van der Waals surface area contributed by atoms with Gasteiger partial charge in [-0.1, -0.05) is 12.1 Å². The van der Waals surface area contributed by atoms with Gasteiger partial charge in [0.05, 0.1) is 0 Å². The van der Waals surface area contributed by atoms with E-state index in [4.69, 9.17) is 4.74 Å². The lowest BCUT2D eigenvalue weighted by Crippen LogP contribution is -2.42. The van der Waals surface area contributed by atoms with Crippen LogP contribution >= 0.6 is 12.4 Å². The molecule has 0 aromatic heterocycles. The molecule has 0 bridgehead atoms. The van der Waals surface area contributed by atoms with Gasteiger partial charge in [-0.25, -0.2) is 0 Å². The highest BCUT2D eigenvalue weighted by molar-refractivity contribution is 5.85. The molecule has 1 fully saturated rings. The third kappa shape index (κ3) is 6.88. The Labute approximate surface area is 164 Å². The highest BCUT2D eigenvalue weighted by atomic mass is 35.5. The molecule has 0 radical (unpaired) electrons. The maximum atomic E-state index is 12.6. The quantitative estimate of drug-likeness (QED) is 0.800. The van der Waals surface area contributed by atoms with Crippen LogP contribution in [0.1, 0.15) is 36.5 Å². The summed E-state index contributed by atoms with van der Waals surface area (Å²) in [5.41, 5.74) is 2.17. The summed E-state index contributed by atoms with van der Waals surface area (Å²) in [5.74, 6) is 0.395. The zero-order valence-corrected chi connectivity index (χ0v) is 17.0. The Morgan fingerprint density at radius 1 is 1.30 bits per heavy atom. The average Bonchev–Trinajstić information content (AvgIpc) is 2.52. The number of halogens is 4. The van der Waals surface area contributed by atoms with Crippen molar-refractivity contribution in [1.29, 1.82) is 0 Å². The Kier molecular flexibility index (Phi) is 8.42. The predicted octanol–water partition coefficient (Wildman–Crippen LogP) is 4.01. The Balaban J connectivity index is 0.00000364. The molecule has 0 unspecified atom stereocenters. The Morgan fingerprint density at radius 3 is 2.41 bits per heavy atom. The second-order valence-corrected chi connectivity index (χ2v) is 7.23. The first kappa shape index (κ1) is 23.6. The van der Waals surface area contributed by atoms with Crippen molar-refractivity contribution in [2.45, 2.75) is 52.4 Å². The summed E-state index contributed by atoms with van der Waals surface area (Å²) < 4.78 is 42.1. The van der Waals surface area contributed by atoms with Gasteiger partial charge in [0, 0.05) is 25.6 Å². The van der Waals surface area contributed by atoms with Crippen LogP contribution in [0.3, 0.4) is 0 Å². The van der Waals surface area contributed by atoms with Crippen molar-refractivity contribution in [3.05, 3.63) is 28.8 Å². The van der Waals surface area contributed by atoms with E-state index in [9.17, 15) is 18.0 Å². The molecule has 2 atom stereocenters. The number of carbonyl (C=O) groups is 1. The highest BCUT2D eigenvalue weighted by Gasteiger charge is 2.29. The van der Waals surface area contributed by atoms with Gasteiger partial charge in [0.25, 0.3) is 0 Å². The number of alkyl halides is 3. The minimum Gasteiger partial charge on any atom is -0.484 e. The van der Waals surface area contributed by atoms with Crippen molar-refractivity contribution in [2.75, 3.05) is 20.2 Å². The molecule has 1 aromatic carbocycles. The number of piperidine rings is 1. The van der Waals surface area contributed by atoms with Crippen LogP contribution in [0.5, 0.6) is 5.75 Å². The van der Waals surface area contributed by atoms with E-state index >= 15 is 0 Å². The molecule has 0 saturated carbocycles. The number of hydrogen-bond donors (Lipinski definition) is 1. The lowest BCUT2D eigenvalue weighted by Gasteiger charge is -2.30. The normalized spacial score (nSPS) is 20.0. The van der Waals surface area contributed by atoms with Crippen LogP contribution < -0.4 is 10.1 Å². The third-order valence-corrected chi connectivity index (χ3v) is 4.67. The molecule has 1 amide bonds. The molecule has 4 nitrogen and oxygen atoms in total. The van der Waals surface area contributed by atoms with Crippen LogP contribution in [-0.4, -0.2) is 43.2 Å².